The molecule has 1 aromatic heterocycles. The molecule has 3 heterocycles. The van der Waals surface area contributed by atoms with Crippen molar-refractivity contribution in [3.63, 3.8) is 0 Å². The molecule has 0 aliphatic carbocycles. The van der Waals surface area contributed by atoms with Gasteiger partial charge in [0.05, 0.1) is 6.20 Å². The quantitative estimate of drug-likeness (QED) is 0.765. The molecule has 86 valence electrons. The Bertz CT molecular complexity index is 345. The summed E-state index contributed by atoms with van der Waals surface area (Å²) < 4.78 is 0. The molecule has 2 fully saturated rings. The molecule has 2 saturated heterocycles. The number of piperidine rings is 1. The second-order valence-electron chi connectivity index (χ2n) is 5.02. The van der Waals surface area contributed by atoms with Crippen molar-refractivity contribution in [2.24, 2.45) is 5.41 Å². The van der Waals surface area contributed by atoms with Crippen molar-refractivity contribution in [1.29, 1.82) is 0 Å². The molecule has 1 N–H and O–H groups in total. The zero-order chi connectivity index (χ0) is 10.8. The van der Waals surface area contributed by atoms with Crippen molar-refractivity contribution in [2.75, 3.05) is 31.1 Å². The van der Waals surface area contributed by atoms with Crippen LogP contribution in [0.3, 0.4) is 0 Å². The molecule has 0 saturated carbocycles. The summed E-state index contributed by atoms with van der Waals surface area (Å²) in [7, 11) is 0. The van der Waals surface area contributed by atoms with Gasteiger partial charge in [-0.05, 0) is 25.8 Å². The Hall–Kier alpha value is -1.16. The van der Waals surface area contributed by atoms with Gasteiger partial charge in [-0.2, -0.15) is 0 Å². The van der Waals surface area contributed by atoms with Gasteiger partial charge in [0.25, 0.3) is 0 Å². The van der Waals surface area contributed by atoms with Crippen LogP contribution in [-0.4, -0.2) is 36.1 Å². The van der Waals surface area contributed by atoms with Gasteiger partial charge in [-0.15, -0.1) is 0 Å². The third-order valence-corrected chi connectivity index (χ3v) is 3.87. The van der Waals surface area contributed by atoms with Crippen molar-refractivity contribution >= 4 is 5.82 Å². The minimum absolute atomic E-state index is 0.496. The number of hydrogen-bond acceptors (Lipinski definition) is 4. The first-order chi connectivity index (χ1) is 7.88. The van der Waals surface area contributed by atoms with Crippen molar-refractivity contribution in [1.82, 2.24) is 15.3 Å². The van der Waals surface area contributed by atoms with Gasteiger partial charge in [0.1, 0.15) is 5.82 Å². The topological polar surface area (TPSA) is 41.1 Å². The first kappa shape index (κ1) is 10.0. The number of nitrogens with one attached hydrogen (secondary N) is 1. The molecular formula is C12H18N4. The van der Waals surface area contributed by atoms with Gasteiger partial charge in [-0.3, -0.25) is 4.98 Å². The van der Waals surface area contributed by atoms with E-state index in [1.54, 1.807) is 12.4 Å². The normalized spacial score (nSPS) is 29.9. The molecule has 1 aromatic rings. The van der Waals surface area contributed by atoms with E-state index < -0.39 is 0 Å². The lowest BCUT2D eigenvalue weighted by atomic mass is 9.80. The van der Waals surface area contributed by atoms with Crippen LogP contribution in [0.1, 0.15) is 19.3 Å². The van der Waals surface area contributed by atoms with Crippen LogP contribution in [-0.2, 0) is 0 Å². The van der Waals surface area contributed by atoms with Crippen LogP contribution >= 0.6 is 0 Å². The van der Waals surface area contributed by atoms with Crippen molar-refractivity contribution < 1.29 is 0 Å². The predicted molar refractivity (Wildman–Crippen MR) is 63.4 cm³/mol. The Balaban J connectivity index is 1.73. The fraction of sp³-hybridized carbons (Fsp3) is 0.667. The molecule has 2 aliphatic rings. The molecule has 4 heteroatoms. The van der Waals surface area contributed by atoms with Crippen LogP contribution in [0.25, 0.3) is 0 Å². The maximum atomic E-state index is 4.38. The molecule has 1 atom stereocenters. The Kier molecular flexibility index (Phi) is 2.52. The van der Waals surface area contributed by atoms with E-state index in [1.165, 1.54) is 32.4 Å². The Morgan fingerprint density at radius 3 is 3.06 bits per heavy atom. The van der Waals surface area contributed by atoms with Crippen LogP contribution in [0.4, 0.5) is 5.82 Å². The number of nitrogens with zero attached hydrogens (tertiary/aromatic N) is 3. The van der Waals surface area contributed by atoms with E-state index in [0.29, 0.717) is 5.41 Å². The van der Waals surface area contributed by atoms with Crippen LogP contribution in [0.15, 0.2) is 18.6 Å². The molecule has 2 aliphatic heterocycles. The molecule has 3 rings (SSSR count). The van der Waals surface area contributed by atoms with Gasteiger partial charge < -0.3 is 10.2 Å². The van der Waals surface area contributed by atoms with E-state index in [4.69, 9.17) is 0 Å². The van der Waals surface area contributed by atoms with Crippen LogP contribution < -0.4 is 10.2 Å². The van der Waals surface area contributed by atoms with Crippen LogP contribution in [0, 0.1) is 5.41 Å². The average molecular weight is 218 g/mol. The minimum atomic E-state index is 0.496. The fourth-order valence-electron chi connectivity index (χ4n) is 2.96. The lowest BCUT2D eigenvalue weighted by Gasteiger charge is -2.33. The lowest BCUT2D eigenvalue weighted by Crippen LogP contribution is -2.42. The average Bonchev–Trinajstić information content (AvgIpc) is 2.75. The maximum absolute atomic E-state index is 4.38. The molecule has 16 heavy (non-hydrogen) atoms. The van der Waals surface area contributed by atoms with Crippen molar-refractivity contribution in [3.8, 4) is 0 Å². The predicted octanol–water partition coefficient (Wildman–Crippen LogP) is 1.06. The summed E-state index contributed by atoms with van der Waals surface area (Å²) in [6.07, 6.45) is 9.34. The lowest BCUT2D eigenvalue weighted by molar-refractivity contribution is 0.239. The molecular weight excluding hydrogens is 200 g/mol. The highest BCUT2D eigenvalue weighted by Gasteiger charge is 2.39. The first-order valence-corrected chi connectivity index (χ1v) is 6.10. The van der Waals surface area contributed by atoms with E-state index in [-0.39, 0.29) is 0 Å². The Labute approximate surface area is 96.1 Å². The van der Waals surface area contributed by atoms with Crippen molar-refractivity contribution in [2.45, 2.75) is 19.3 Å². The summed E-state index contributed by atoms with van der Waals surface area (Å²) in [5.41, 5.74) is 0.496. The summed E-state index contributed by atoms with van der Waals surface area (Å²) in [6.45, 7) is 4.62. The summed E-state index contributed by atoms with van der Waals surface area (Å²) in [4.78, 5) is 10.9. The van der Waals surface area contributed by atoms with E-state index in [9.17, 15) is 0 Å². The molecule has 4 nitrogen and oxygen atoms in total. The van der Waals surface area contributed by atoms with Gasteiger partial charge >= 0.3 is 0 Å². The highest BCUT2D eigenvalue weighted by atomic mass is 15.2. The number of anilines is 1. The van der Waals surface area contributed by atoms with Gasteiger partial charge in [0, 0.05) is 37.4 Å². The third kappa shape index (κ3) is 1.78. The smallest absolute Gasteiger partial charge is 0.147 e. The molecule has 0 aromatic carbocycles. The van der Waals surface area contributed by atoms with Crippen LogP contribution in [0.2, 0.25) is 0 Å². The molecule has 1 spiro atoms. The van der Waals surface area contributed by atoms with Crippen LogP contribution in [0.5, 0.6) is 0 Å². The fourth-order valence-corrected chi connectivity index (χ4v) is 2.96. The van der Waals surface area contributed by atoms with Gasteiger partial charge in [-0.1, -0.05) is 0 Å². The zero-order valence-corrected chi connectivity index (χ0v) is 9.52. The second kappa shape index (κ2) is 4.01. The molecule has 1 unspecified atom stereocenters. The molecule has 0 amide bonds. The number of rotatable bonds is 1. The summed E-state index contributed by atoms with van der Waals surface area (Å²) >= 11 is 0. The Morgan fingerprint density at radius 2 is 2.31 bits per heavy atom. The SMILES string of the molecule is c1cnc(N2CCC3(CCCNC3)C2)cn1. The minimum Gasteiger partial charge on any atom is -0.355 e. The highest BCUT2D eigenvalue weighted by molar-refractivity contribution is 5.37. The first-order valence-electron chi connectivity index (χ1n) is 6.10. The maximum Gasteiger partial charge on any atom is 0.147 e. The highest BCUT2D eigenvalue weighted by Crippen LogP contribution is 2.37. The number of aromatic nitrogens is 2. The largest absolute Gasteiger partial charge is 0.355 e. The summed E-state index contributed by atoms with van der Waals surface area (Å²) in [6, 6.07) is 0. The zero-order valence-electron chi connectivity index (χ0n) is 9.52. The van der Waals surface area contributed by atoms with E-state index in [1.807, 2.05) is 6.20 Å². The Morgan fingerprint density at radius 1 is 1.31 bits per heavy atom. The summed E-state index contributed by atoms with van der Waals surface area (Å²) in [5, 5.41) is 3.53. The van der Waals surface area contributed by atoms with E-state index >= 15 is 0 Å². The van der Waals surface area contributed by atoms with E-state index in [0.717, 1.165) is 18.9 Å². The standard InChI is InChI=1S/C12H18N4/c1-2-12(9-14-4-1)3-7-16(10-12)11-8-13-5-6-15-11/h5-6,8,14H,1-4,7,9-10H2. The van der Waals surface area contributed by atoms with Crippen molar-refractivity contribution in [3.05, 3.63) is 18.6 Å². The van der Waals surface area contributed by atoms with Gasteiger partial charge in [0.2, 0.25) is 0 Å². The second-order valence-corrected chi connectivity index (χ2v) is 5.02. The van der Waals surface area contributed by atoms with Gasteiger partial charge in [-0.25, -0.2) is 4.98 Å². The summed E-state index contributed by atoms with van der Waals surface area (Å²) in [5.74, 6) is 1.03. The number of hydrogen-bond donors (Lipinski definition) is 1. The third-order valence-electron chi connectivity index (χ3n) is 3.87. The van der Waals surface area contributed by atoms with E-state index in [2.05, 4.69) is 20.2 Å². The molecule has 0 radical (unpaired) electrons. The molecule has 0 bridgehead atoms. The van der Waals surface area contributed by atoms with Gasteiger partial charge in [0.15, 0.2) is 0 Å². The monoisotopic (exact) mass is 218 g/mol.